The summed E-state index contributed by atoms with van der Waals surface area (Å²) in [6.45, 7) is 4.45. The molecule has 0 amide bonds. The van der Waals surface area contributed by atoms with Crippen molar-refractivity contribution in [1.82, 2.24) is 10.6 Å². The lowest BCUT2D eigenvalue weighted by Crippen LogP contribution is -2.45. The first-order chi connectivity index (χ1) is 14.1. The highest BCUT2D eigenvalue weighted by atomic mass is 32.1. The summed E-state index contributed by atoms with van der Waals surface area (Å²) in [6.07, 6.45) is 0. The second-order valence-corrected chi connectivity index (χ2v) is 6.66. The first-order valence-corrected chi connectivity index (χ1v) is 9.84. The second-order valence-electron chi connectivity index (χ2n) is 6.25. The van der Waals surface area contributed by atoms with E-state index in [9.17, 15) is 4.79 Å². The molecule has 0 fully saturated rings. The summed E-state index contributed by atoms with van der Waals surface area (Å²) in [6, 6.07) is 14.6. The highest BCUT2D eigenvalue weighted by Crippen LogP contribution is 2.36. The lowest BCUT2D eigenvalue weighted by molar-refractivity contribution is -0.138. The number of thiocarbonyl (C=S) groups is 1. The van der Waals surface area contributed by atoms with Crippen molar-refractivity contribution in [2.45, 2.75) is 19.9 Å². The zero-order valence-electron chi connectivity index (χ0n) is 16.7. The molecule has 29 heavy (non-hydrogen) atoms. The Bertz CT molecular complexity index is 928. The number of hydrogen-bond acceptors (Lipinski definition) is 5. The fourth-order valence-corrected chi connectivity index (χ4v) is 3.44. The number of carbonyl (C=O) groups is 1. The Morgan fingerprint density at radius 3 is 2.48 bits per heavy atom. The van der Waals surface area contributed by atoms with Crippen LogP contribution in [0.2, 0.25) is 0 Å². The number of nitrogens with one attached hydrogen (secondary N) is 2. The molecule has 152 valence electrons. The van der Waals surface area contributed by atoms with Gasteiger partial charge in [-0.05, 0) is 49.3 Å². The van der Waals surface area contributed by atoms with Crippen molar-refractivity contribution in [3.05, 3.63) is 65.2 Å². The number of hydrogen-bond donors (Lipinski definition) is 2. The molecule has 2 aromatic carbocycles. The van der Waals surface area contributed by atoms with E-state index in [1.165, 1.54) is 0 Å². The van der Waals surface area contributed by atoms with Crippen LogP contribution in [-0.2, 0) is 9.53 Å². The lowest BCUT2D eigenvalue weighted by Gasteiger charge is -2.31. The molecule has 0 radical (unpaired) electrons. The van der Waals surface area contributed by atoms with Gasteiger partial charge in [-0.2, -0.15) is 0 Å². The fraction of sp³-hybridized carbons (Fsp3) is 0.273. The van der Waals surface area contributed by atoms with Crippen LogP contribution in [0.1, 0.15) is 31.0 Å². The summed E-state index contributed by atoms with van der Waals surface area (Å²) in [5, 5.41) is 6.75. The predicted octanol–water partition coefficient (Wildman–Crippen LogP) is 3.59. The number of methoxy groups -OCH3 is 1. The number of ether oxygens (including phenoxy) is 3. The number of esters is 1. The molecule has 0 saturated heterocycles. The molecule has 0 spiro atoms. The highest BCUT2D eigenvalue weighted by molar-refractivity contribution is 7.80. The molecule has 0 aromatic heterocycles. The summed E-state index contributed by atoms with van der Waals surface area (Å²) in [5.74, 6) is 0.813. The van der Waals surface area contributed by atoms with E-state index in [0.29, 0.717) is 34.5 Å². The standard InChI is InChI=1S/C22H24N2O4S/c1-4-27-17-13-15(11-12-16(17)26-3)20-18(21(25)28-5-2)19(23-22(29)24-20)14-9-7-6-8-10-14/h6-13,20H,4-5H2,1-3H3,(H2,23,24,29)/t20-/m1/s1. The Balaban J connectivity index is 2.16. The van der Waals surface area contributed by atoms with Gasteiger partial charge in [-0.1, -0.05) is 36.4 Å². The molecule has 1 aliphatic heterocycles. The highest BCUT2D eigenvalue weighted by Gasteiger charge is 2.33. The van der Waals surface area contributed by atoms with Crippen molar-refractivity contribution < 1.29 is 19.0 Å². The Kier molecular flexibility index (Phi) is 6.72. The van der Waals surface area contributed by atoms with Crippen LogP contribution in [0, 0.1) is 0 Å². The van der Waals surface area contributed by atoms with Gasteiger partial charge in [-0.25, -0.2) is 4.79 Å². The molecule has 0 aliphatic carbocycles. The van der Waals surface area contributed by atoms with Gasteiger partial charge in [0.2, 0.25) is 0 Å². The number of benzene rings is 2. The molecule has 1 heterocycles. The molecule has 1 aliphatic rings. The van der Waals surface area contributed by atoms with E-state index < -0.39 is 12.0 Å². The topological polar surface area (TPSA) is 68.8 Å². The van der Waals surface area contributed by atoms with Gasteiger partial charge in [0.05, 0.1) is 37.6 Å². The molecule has 0 unspecified atom stereocenters. The molecule has 2 N–H and O–H groups in total. The van der Waals surface area contributed by atoms with Crippen molar-refractivity contribution in [2.75, 3.05) is 20.3 Å². The number of rotatable bonds is 7. The number of carbonyl (C=O) groups excluding carboxylic acids is 1. The van der Waals surface area contributed by atoms with Crippen molar-refractivity contribution in [2.24, 2.45) is 0 Å². The van der Waals surface area contributed by atoms with Gasteiger partial charge in [0.25, 0.3) is 0 Å². The third-order valence-electron chi connectivity index (χ3n) is 4.45. The van der Waals surface area contributed by atoms with E-state index in [4.69, 9.17) is 26.4 Å². The van der Waals surface area contributed by atoms with Gasteiger partial charge in [0.1, 0.15) is 0 Å². The zero-order chi connectivity index (χ0) is 20.8. The Morgan fingerprint density at radius 2 is 1.83 bits per heavy atom. The predicted molar refractivity (Wildman–Crippen MR) is 116 cm³/mol. The zero-order valence-corrected chi connectivity index (χ0v) is 17.5. The van der Waals surface area contributed by atoms with E-state index in [1.54, 1.807) is 14.0 Å². The van der Waals surface area contributed by atoms with Crippen LogP contribution in [0.3, 0.4) is 0 Å². The quantitative estimate of drug-likeness (QED) is 0.532. The minimum absolute atomic E-state index is 0.272. The SMILES string of the molecule is CCOC(=O)C1=C(c2ccccc2)NC(=S)N[C@@H]1c1ccc(OC)c(OCC)c1. The Morgan fingerprint density at radius 1 is 1.07 bits per heavy atom. The molecule has 0 bridgehead atoms. The molecule has 1 atom stereocenters. The molecule has 7 heteroatoms. The van der Waals surface area contributed by atoms with Crippen LogP contribution in [0.4, 0.5) is 0 Å². The van der Waals surface area contributed by atoms with Gasteiger partial charge in [-0.3, -0.25) is 0 Å². The average Bonchev–Trinajstić information content (AvgIpc) is 2.74. The van der Waals surface area contributed by atoms with Crippen molar-refractivity contribution >= 4 is 29.0 Å². The van der Waals surface area contributed by atoms with E-state index in [1.807, 2.05) is 55.5 Å². The van der Waals surface area contributed by atoms with Crippen molar-refractivity contribution in [1.29, 1.82) is 0 Å². The molecular formula is C22H24N2O4S. The summed E-state index contributed by atoms with van der Waals surface area (Å²) in [5.41, 5.74) is 2.75. The van der Waals surface area contributed by atoms with Crippen LogP contribution >= 0.6 is 12.2 Å². The monoisotopic (exact) mass is 412 g/mol. The average molecular weight is 413 g/mol. The fourth-order valence-electron chi connectivity index (χ4n) is 3.22. The largest absolute Gasteiger partial charge is 0.493 e. The molecule has 2 aromatic rings. The van der Waals surface area contributed by atoms with Crippen molar-refractivity contribution in [3.8, 4) is 11.5 Å². The van der Waals surface area contributed by atoms with Gasteiger partial charge >= 0.3 is 5.97 Å². The first kappa shape index (κ1) is 20.7. The molecule has 0 saturated carbocycles. The Labute approximate surface area is 175 Å². The summed E-state index contributed by atoms with van der Waals surface area (Å²) in [7, 11) is 1.59. The van der Waals surface area contributed by atoms with Crippen LogP contribution in [0.5, 0.6) is 11.5 Å². The lowest BCUT2D eigenvalue weighted by atomic mass is 9.92. The van der Waals surface area contributed by atoms with Crippen LogP contribution in [0.25, 0.3) is 5.70 Å². The van der Waals surface area contributed by atoms with E-state index in [-0.39, 0.29) is 6.61 Å². The maximum Gasteiger partial charge on any atom is 0.338 e. The van der Waals surface area contributed by atoms with Crippen LogP contribution in [-0.4, -0.2) is 31.4 Å². The van der Waals surface area contributed by atoms with E-state index in [2.05, 4.69) is 10.6 Å². The smallest absolute Gasteiger partial charge is 0.338 e. The van der Waals surface area contributed by atoms with Gasteiger partial charge < -0.3 is 24.8 Å². The van der Waals surface area contributed by atoms with Gasteiger partial charge in [0, 0.05) is 0 Å². The summed E-state index contributed by atoms with van der Waals surface area (Å²) >= 11 is 5.43. The van der Waals surface area contributed by atoms with Gasteiger partial charge in [-0.15, -0.1) is 0 Å². The van der Waals surface area contributed by atoms with Crippen molar-refractivity contribution in [3.63, 3.8) is 0 Å². The normalized spacial score (nSPS) is 16.0. The van der Waals surface area contributed by atoms with Crippen LogP contribution in [0.15, 0.2) is 54.1 Å². The van der Waals surface area contributed by atoms with Crippen LogP contribution < -0.4 is 20.1 Å². The minimum Gasteiger partial charge on any atom is -0.493 e. The summed E-state index contributed by atoms with van der Waals surface area (Å²) < 4.78 is 16.5. The van der Waals surface area contributed by atoms with Gasteiger partial charge in [0.15, 0.2) is 16.6 Å². The molecular weight excluding hydrogens is 388 g/mol. The Hall–Kier alpha value is -3.06. The maximum absolute atomic E-state index is 12.9. The minimum atomic E-state index is -0.497. The summed E-state index contributed by atoms with van der Waals surface area (Å²) in [4.78, 5) is 12.9. The molecule has 6 nitrogen and oxygen atoms in total. The maximum atomic E-state index is 12.9. The third-order valence-corrected chi connectivity index (χ3v) is 4.67. The third kappa shape index (κ3) is 4.51. The first-order valence-electron chi connectivity index (χ1n) is 9.44. The van der Waals surface area contributed by atoms with E-state index >= 15 is 0 Å². The van der Waals surface area contributed by atoms with E-state index in [0.717, 1.165) is 11.1 Å². The molecule has 3 rings (SSSR count). The second kappa shape index (κ2) is 9.43.